The Balaban J connectivity index is 2.26. The summed E-state index contributed by atoms with van der Waals surface area (Å²) in [7, 11) is 0. The first-order valence-electron chi connectivity index (χ1n) is 9.55. The molecular formula is C21H30N2O4. The number of hydrogen-bond acceptors (Lipinski definition) is 4. The Morgan fingerprint density at radius 3 is 2.59 bits per heavy atom. The van der Waals surface area contributed by atoms with Crippen molar-refractivity contribution in [2.75, 3.05) is 6.54 Å². The van der Waals surface area contributed by atoms with Gasteiger partial charge in [-0.05, 0) is 49.7 Å². The average molecular weight is 374 g/mol. The molecular weight excluding hydrogens is 344 g/mol. The maximum Gasteiger partial charge on any atom is 0.329 e. The fraction of sp³-hybridized carbons (Fsp3) is 0.619. The van der Waals surface area contributed by atoms with Gasteiger partial charge >= 0.3 is 5.97 Å². The maximum atomic E-state index is 12.9. The first-order valence-corrected chi connectivity index (χ1v) is 9.55. The molecule has 0 aromatic carbocycles. The van der Waals surface area contributed by atoms with E-state index in [1.54, 1.807) is 33.2 Å². The van der Waals surface area contributed by atoms with Crippen LogP contribution in [0.5, 0.6) is 0 Å². The fourth-order valence-corrected chi connectivity index (χ4v) is 3.77. The summed E-state index contributed by atoms with van der Waals surface area (Å²) in [6.45, 7) is 9.20. The van der Waals surface area contributed by atoms with Crippen molar-refractivity contribution in [1.82, 2.24) is 9.88 Å². The summed E-state index contributed by atoms with van der Waals surface area (Å²) in [5.41, 5.74) is -1.14. The molecule has 1 amide bonds. The molecule has 0 radical (unpaired) electrons. The number of ketones is 1. The Morgan fingerprint density at radius 2 is 2.07 bits per heavy atom. The first kappa shape index (κ1) is 21.1. The highest BCUT2D eigenvalue weighted by molar-refractivity contribution is 6.38. The van der Waals surface area contributed by atoms with Gasteiger partial charge < -0.3 is 10.0 Å². The lowest BCUT2D eigenvalue weighted by Crippen LogP contribution is -2.57. The number of likely N-dealkylation sites (tertiary alicyclic amines) is 1. The number of carboxylic acids is 1. The van der Waals surface area contributed by atoms with Gasteiger partial charge in [-0.3, -0.25) is 14.6 Å². The number of nitrogens with zero attached hydrogens (tertiary/aromatic N) is 2. The SMILES string of the molecule is CCC(C)(C)C(=O)C(=O)N1CCC(C[C@H](C)c2cccnc2)C1(C)C(=O)O. The van der Waals surface area contributed by atoms with Gasteiger partial charge in [0.15, 0.2) is 0 Å². The molecule has 0 spiro atoms. The van der Waals surface area contributed by atoms with Crippen LogP contribution < -0.4 is 0 Å². The van der Waals surface area contributed by atoms with Crippen LogP contribution in [0, 0.1) is 11.3 Å². The van der Waals surface area contributed by atoms with Crippen molar-refractivity contribution >= 4 is 17.7 Å². The summed E-state index contributed by atoms with van der Waals surface area (Å²) in [6.07, 6.45) is 5.20. The number of carbonyl (C=O) groups is 3. The van der Waals surface area contributed by atoms with E-state index in [4.69, 9.17) is 0 Å². The monoisotopic (exact) mass is 374 g/mol. The highest BCUT2D eigenvalue weighted by Gasteiger charge is 2.55. The summed E-state index contributed by atoms with van der Waals surface area (Å²) >= 11 is 0. The second kappa shape index (κ2) is 7.79. The standard InChI is InChI=1S/C21H30N2O4/c1-6-20(3,4)17(24)18(25)23-11-9-16(21(23,5)19(26)27)12-14(2)15-8-7-10-22-13-15/h7-8,10,13-14,16H,6,9,11-12H2,1-5H3,(H,26,27)/t14-,16?,21?/m0/s1. The van der Waals surface area contributed by atoms with E-state index in [1.807, 2.05) is 26.0 Å². The van der Waals surface area contributed by atoms with Gasteiger partial charge in [-0.2, -0.15) is 0 Å². The number of carbonyl (C=O) groups excluding carboxylic acids is 2. The van der Waals surface area contributed by atoms with Crippen LogP contribution >= 0.6 is 0 Å². The third-order valence-electron chi connectivity index (χ3n) is 6.32. The van der Waals surface area contributed by atoms with Crippen molar-refractivity contribution in [3.63, 3.8) is 0 Å². The fourth-order valence-electron chi connectivity index (χ4n) is 3.77. The van der Waals surface area contributed by atoms with Gasteiger partial charge in [0.1, 0.15) is 5.54 Å². The quantitative estimate of drug-likeness (QED) is 0.740. The van der Waals surface area contributed by atoms with Crippen LogP contribution in [-0.4, -0.2) is 44.7 Å². The zero-order chi connectivity index (χ0) is 20.4. The van der Waals surface area contributed by atoms with Crippen LogP contribution in [0.2, 0.25) is 0 Å². The molecule has 2 unspecified atom stereocenters. The van der Waals surface area contributed by atoms with Crippen molar-refractivity contribution in [3.05, 3.63) is 30.1 Å². The van der Waals surface area contributed by atoms with E-state index in [9.17, 15) is 19.5 Å². The highest BCUT2D eigenvalue weighted by atomic mass is 16.4. The van der Waals surface area contributed by atoms with Gasteiger partial charge in [0.25, 0.3) is 5.91 Å². The lowest BCUT2D eigenvalue weighted by molar-refractivity contribution is -0.162. The summed E-state index contributed by atoms with van der Waals surface area (Å²) in [5.74, 6) is -2.37. The summed E-state index contributed by atoms with van der Waals surface area (Å²) in [6, 6.07) is 3.83. The van der Waals surface area contributed by atoms with Gasteiger partial charge in [-0.1, -0.05) is 33.8 Å². The zero-order valence-corrected chi connectivity index (χ0v) is 16.9. The van der Waals surface area contributed by atoms with Crippen LogP contribution in [0.4, 0.5) is 0 Å². The Bertz CT molecular complexity index is 716. The molecule has 0 saturated carbocycles. The number of aliphatic carboxylic acids is 1. The van der Waals surface area contributed by atoms with Crippen molar-refractivity contribution in [3.8, 4) is 0 Å². The summed E-state index contributed by atoms with van der Waals surface area (Å²) < 4.78 is 0. The molecule has 0 aliphatic carbocycles. The van der Waals surface area contributed by atoms with Crippen LogP contribution in [0.25, 0.3) is 0 Å². The summed E-state index contributed by atoms with van der Waals surface area (Å²) in [5, 5.41) is 9.97. The van der Waals surface area contributed by atoms with E-state index in [2.05, 4.69) is 4.98 Å². The van der Waals surface area contributed by atoms with E-state index < -0.39 is 28.6 Å². The number of amides is 1. The van der Waals surface area contributed by atoms with Crippen LogP contribution in [0.1, 0.15) is 65.4 Å². The van der Waals surface area contributed by atoms with Crippen LogP contribution in [0.15, 0.2) is 24.5 Å². The topological polar surface area (TPSA) is 87.6 Å². The second-order valence-electron chi connectivity index (χ2n) is 8.38. The predicted molar refractivity (Wildman–Crippen MR) is 102 cm³/mol. The van der Waals surface area contributed by atoms with Crippen molar-refractivity contribution in [2.24, 2.45) is 11.3 Å². The lowest BCUT2D eigenvalue weighted by Gasteiger charge is -2.37. The Morgan fingerprint density at radius 1 is 1.41 bits per heavy atom. The molecule has 1 aromatic heterocycles. The van der Waals surface area contributed by atoms with E-state index in [0.29, 0.717) is 19.3 Å². The lowest BCUT2D eigenvalue weighted by atomic mass is 9.78. The van der Waals surface area contributed by atoms with Crippen LogP contribution in [0.3, 0.4) is 0 Å². The number of Topliss-reactive ketones (excluding diaryl/α,β-unsaturated/α-hetero) is 1. The Kier molecular flexibility index (Phi) is 6.07. The minimum atomic E-state index is -1.38. The molecule has 1 saturated heterocycles. The minimum Gasteiger partial charge on any atom is -0.479 e. The third kappa shape index (κ3) is 3.89. The number of pyridine rings is 1. The molecule has 1 N–H and O–H groups in total. The normalized spacial score (nSPS) is 23.9. The van der Waals surface area contributed by atoms with Crippen LogP contribution in [-0.2, 0) is 14.4 Å². The Hall–Kier alpha value is -2.24. The zero-order valence-electron chi connectivity index (χ0n) is 16.9. The minimum absolute atomic E-state index is 0.111. The number of rotatable bonds is 7. The molecule has 6 nitrogen and oxygen atoms in total. The van der Waals surface area contributed by atoms with Gasteiger partial charge in [0, 0.05) is 24.4 Å². The second-order valence-corrected chi connectivity index (χ2v) is 8.38. The van der Waals surface area contributed by atoms with E-state index >= 15 is 0 Å². The molecule has 148 valence electrons. The molecule has 1 aliphatic rings. The molecule has 2 rings (SSSR count). The van der Waals surface area contributed by atoms with E-state index in [1.165, 1.54) is 4.90 Å². The molecule has 1 fully saturated rings. The van der Waals surface area contributed by atoms with Gasteiger partial charge in [-0.15, -0.1) is 0 Å². The van der Waals surface area contributed by atoms with Gasteiger partial charge in [0.05, 0.1) is 0 Å². The Labute approximate surface area is 161 Å². The number of hydrogen-bond donors (Lipinski definition) is 1. The molecule has 2 heterocycles. The molecule has 6 heteroatoms. The molecule has 1 aliphatic heterocycles. The molecule has 27 heavy (non-hydrogen) atoms. The smallest absolute Gasteiger partial charge is 0.329 e. The third-order valence-corrected chi connectivity index (χ3v) is 6.32. The van der Waals surface area contributed by atoms with Gasteiger partial charge in [-0.25, -0.2) is 4.79 Å². The number of carboxylic acid groups (broad SMARTS) is 1. The van der Waals surface area contributed by atoms with Gasteiger partial charge in [0.2, 0.25) is 5.78 Å². The molecule has 0 bridgehead atoms. The maximum absolute atomic E-state index is 12.9. The predicted octanol–water partition coefficient (Wildman–Crippen LogP) is 3.27. The van der Waals surface area contributed by atoms with E-state index in [0.717, 1.165) is 5.56 Å². The molecule has 1 aromatic rings. The van der Waals surface area contributed by atoms with E-state index in [-0.39, 0.29) is 18.4 Å². The van der Waals surface area contributed by atoms with Crippen molar-refractivity contribution in [1.29, 1.82) is 0 Å². The number of aromatic nitrogens is 1. The highest BCUT2D eigenvalue weighted by Crippen LogP contribution is 2.41. The first-order chi connectivity index (χ1) is 12.6. The molecule has 3 atom stereocenters. The van der Waals surface area contributed by atoms with Crippen molar-refractivity contribution < 1.29 is 19.5 Å². The largest absolute Gasteiger partial charge is 0.479 e. The average Bonchev–Trinajstić information content (AvgIpc) is 2.98. The summed E-state index contributed by atoms with van der Waals surface area (Å²) in [4.78, 5) is 43.1. The van der Waals surface area contributed by atoms with Crippen molar-refractivity contribution in [2.45, 2.75) is 65.3 Å².